The number of benzene rings is 1. The summed E-state index contributed by atoms with van der Waals surface area (Å²) in [4.78, 5) is 10.5. The van der Waals surface area contributed by atoms with Crippen LogP contribution in [0.2, 0.25) is 0 Å². The van der Waals surface area contributed by atoms with E-state index >= 15 is 0 Å². The Morgan fingerprint density at radius 3 is 2.92 bits per heavy atom. The molecule has 1 aliphatic rings. The van der Waals surface area contributed by atoms with Gasteiger partial charge in [0.15, 0.2) is 5.58 Å². The van der Waals surface area contributed by atoms with Crippen LogP contribution < -0.4 is 10.2 Å². The number of rotatable bonds is 4. The minimum absolute atomic E-state index is 0.314. The maximum Gasteiger partial charge on any atom is 0.297 e. The van der Waals surface area contributed by atoms with Gasteiger partial charge in [-0.25, -0.2) is 9.67 Å². The lowest BCUT2D eigenvalue weighted by atomic mass is 9.83. The van der Waals surface area contributed by atoms with Crippen LogP contribution in [-0.2, 0) is 0 Å². The van der Waals surface area contributed by atoms with Crippen LogP contribution in [0.5, 0.6) is 0 Å². The van der Waals surface area contributed by atoms with Gasteiger partial charge in [-0.15, -0.1) is 0 Å². The summed E-state index contributed by atoms with van der Waals surface area (Å²) >= 11 is 0. The maximum absolute atomic E-state index is 5.82. The summed E-state index contributed by atoms with van der Waals surface area (Å²) in [6.07, 6.45) is 6.87. The molecule has 7 heteroatoms. The van der Waals surface area contributed by atoms with Crippen LogP contribution in [0.15, 0.2) is 35.3 Å². The molecule has 3 atom stereocenters. The summed E-state index contributed by atoms with van der Waals surface area (Å²) in [6, 6.07) is 7.37. The topological polar surface area (TPSA) is 72.0 Å². The van der Waals surface area contributed by atoms with Crippen molar-refractivity contribution in [3.05, 3.63) is 30.9 Å². The van der Waals surface area contributed by atoms with Gasteiger partial charge < -0.3 is 14.6 Å². The third-order valence-corrected chi connectivity index (χ3v) is 4.97. The molecule has 4 rings (SSSR count). The molecule has 1 fully saturated rings. The van der Waals surface area contributed by atoms with Crippen molar-refractivity contribution in [1.82, 2.24) is 19.7 Å². The molecule has 0 aliphatic heterocycles. The molecule has 0 bridgehead atoms. The first-order valence-electron chi connectivity index (χ1n) is 8.78. The third kappa shape index (κ3) is 3.18. The van der Waals surface area contributed by atoms with E-state index in [0.29, 0.717) is 24.0 Å². The minimum Gasteiger partial charge on any atom is -0.423 e. The lowest BCUT2D eigenvalue weighted by molar-refractivity contribution is 0.244. The van der Waals surface area contributed by atoms with Gasteiger partial charge in [0, 0.05) is 31.9 Å². The van der Waals surface area contributed by atoms with E-state index in [2.05, 4.69) is 33.4 Å². The van der Waals surface area contributed by atoms with E-state index in [1.54, 1.807) is 6.33 Å². The predicted molar refractivity (Wildman–Crippen MR) is 97.8 cm³/mol. The van der Waals surface area contributed by atoms with Crippen LogP contribution in [0.3, 0.4) is 0 Å². The molecule has 2 aromatic heterocycles. The molecule has 0 radical (unpaired) electrons. The van der Waals surface area contributed by atoms with Crippen LogP contribution in [-0.4, -0.2) is 39.9 Å². The zero-order valence-corrected chi connectivity index (χ0v) is 14.9. The third-order valence-electron chi connectivity index (χ3n) is 4.97. The summed E-state index contributed by atoms with van der Waals surface area (Å²) in [6.45, 7) is 2.31. The summed E-state index contributed by atoms with van der Waals surface area (Å²) in [7, 11) is 3.85. The first-order valence-corrected chi connectivity index (χ1v) is 8.78. The molecule has 3 aromatic rings. The molecule has 0 spiro atoms. The Bertz CT molecular complexity index is 841. The van der Waals surface area contributed by atoms with E-state index in [1.807, 2.05) is 42.1 Å². The van der Waals surface area contributed by atoms with E-state index < -0.39 is 0 Å². The zero-order chi connectivity index (χ0) is 17.4. The van der Waals surface area contributed by atoms with Crippen molar-refractivity contribution in [3.8, 4) is 0 Å². The van der Waals surface area contributed by atoms with Crippen LogP contribution >= 0.6 is 0 Å². The minimum atomic E-state index is 0.314. The highest BCUT2D eigenvalue weighted by Crippen LogP contribution is 2.34. The smallest absolute Gasteiger partial charge is 0.297 e. The summed E-state index contributed by atoms with van der Waals surface area (Å²) in [5.41, 5.74) is 2.73. The van der Waals surface area contributed by atoms with Gasteiger partial charge in [-0.2, -0.15) is 10.1 Å². The normalized spacial score (nSPS) is 23.7. The Kier molecular flexibility index (Phi) is 4.07. The maximum atomic E-state index is 5.82. The second-order valence-electron chi connectivity index (χ2n) is 7.19. The number of anilines is 2. The molecule has 132 valence electrons. The average Bonchev–Trinajstić information content (AvgIpc) is 3.25. The van der Waals surface area contributed by atoms with E-state index in [-0.39, 0.29) is 0 Å². The summed E-state index contributed by atoms with van der Waals surface area (Å²) < 4.78 is 7.81. The lowest BCUT2D eigenvalue weighted by Crippen LogP contribution is -2.36. The highest BCUT2D eigenvalue weighted by molar-refractivity contribution is 5.78. The highest BCUT2D eigenvalue weighted by Gasteiger charge is 2.30. The Morgan fingerprint density at radius 2 is 2.16 bits per heavy atom. The van der Waals surface area contributed by atoms with Gasteiger partial charge in [0.25, 0.3) is 6.01 Å². The van der Waals surface area contributed by atoms with E-state index in [1.165, 1.54) is 6.42 Å². The Balaban J connectivity index is 1.58. The van der Waals surface area contributed by atoms with Crippen LogP contribution in [0.4, 0.5) is 11.7 Å². The van der Waals surface area contributed by atoms with Gasteiger partial charge in [0.1, 0.15) is 18.2 Å². The van der Waals surface area contributed by atoms with Crippen molar-refractivity contribution in [2.45, 2.75) is 38.3 Å². The van der Waals surface area contributed by atoms with Crippen molar-refractivity contribution in [1.29, 1.82) is 0 Å². The van der Waals surface area contributed by atoms with Crippen molar-refractivity contribution in [2.75, 3.05) is 24.3 Å². The largest absolute Gasteiger partial charge is 0.423 e. The predicted octanol–water partition coefficient (Wildman–Crippen LogP) is 3.33. The fourth-order valence-electron chi connectivity index (χ4n) is 3.61. The molecule has 25 heavy (non-hydrogen) atoms. The molecule has 1 aromatic carbocycles. The van der Waals surface area contributed by atoms with Crippen LogP contribution in [0, 0.1) is 5.92 Å². The van der Waals surface area contributed by atoms with Crippen molar-refractivity contribution >= 4 is 22.8 Å². The number of hydrogen-bond acceptors (Lipinski definition) is 6. The van der Waals surface area contributed by atoms with Gasteiger partial charge in [-0.3, -0.25) is 0 Å². The summed E-state index contributed by atoms with van der Waals surface area (Å²) in [5.74, 6) is 0.701. The number of fused-ring (bicyclic) bond motifs is 1. The van der Waals surface area contributed by atoms with Gasteiger partial charge >= 0.3 is 0 Å². The van der Waals surface area contributed by atoms with Gasteiger partial charge in [-0.05, 0) is 37.3 Å². The van der Waals surface area contributed by atoms with Gasteiger partial charge in [-0.1, -0.05) is 6.92 Å². The molecular formula is C18H24N6O. The molecule has 1 aliphatic carbocycles. The first-order chi connectivity index (χ1) is 12.1. The number of hydrogen-bond donors (Lipinski definition) is 1. The standard InChI is InChI=1S/C18H24N6O/c1-12-4-6-14(16(8-12)24-11-19-10-20-24)21-13-5-7-15-17(9-13)25-18(22-15)23(2)3/h5,7,9-12,14,16,21H,4,6,8H2,1-3H3. The number of aromatic nitrogens is 4. The fourth-order valence-corrected chi connectivity index (χ4v) is 3.61. The number of nitrogens with one attached hydrogen (secondary N) is 1. The first kappa shape index (κ1) is 15.9. The number of oxazole rings is 1. The molecule has 1 saturated carbocycles. The van der Waals surface area contributed by atoms with E-state index in [9.17, 15) is 0 Å². The second kappa shape index (κ2) is 6.38. The molecule has 2 heterocycles. The molecular weight excluding hydrogens is 316 g/mol. The van der Waals surface area contributed by atoms with E-state index in [4.69, 9.17) is 4.42 Å². The quantitative estimate of drug-likeness (QED) is 0.785. The van der Waals surface area contributed by atoms with Crippen LogP contribution in [0.25, 0.3) is 11.1 Å². The second-order valence-corrected chi connectivity index (χ2v) is 7.19. The van der Waals surface area contributed by atoms with Crippen molar-refractivity contribution in [3.63, 3.8) is 0 Å². The molecule has 0 amide bonds. The molecule has 0 saturated heterocycles. The Labute approximate surface area is 147 Å². The van der Waals surface area contributed by atoms with Crippen molar-refractivity contribution in [2.24, 2.45) is 5.92 Å². The average molecular weight is 340 g/mol. The monoisotopic (exact) mass is 340 g/mol. The summed E-state index contributed by atoms with van der Waals surface area (Å²) in [5, 5.41) is 8.05. The lowest BCUT2D eigenvalue weighted by Gasteiger charge is -2.35. The fraction of sp³-hybridized carbons (Fsp3) is 0.500. The molecule has 3 unspecified atom stereocenters. The van der Waals surface area contributed by atoms with E-state index in [0.717, 1.165) is 29.6 Å². The SMILES string of the molecule is CC1CCC(Nc2ccc3nc(N(C)C)oc3c2)C(n2cncn2)C1. The zero-order valence-electron chi connectivity index (χ0n) is 14.9. The number of nitrogens with zero attached hydrogens (tertiary/aromatic N) is 5. The van der Waals surface area contributed by atoms with Crippen molar-refractivity contribution < 1.29 is 4.42 Å². The Hall–Kier alpha value is -2.57. The molecule has 7 nitrogen and oxygen atoms in total. The Morgan fingerprint density at radius 1 is 1.28 bits per heavy atom. The van der Waals surface area contributed by atoms with Crippen LogP contribution in [0.1, 0.15) is 32.2 Å². The molecule has 1 N–H and O–H groups in total. The highest BCUT2D eigenvalue weighted by atomic mass is 16.4. The van der Waals surface area contributed by atoms with Gasteiger partial charge in [0.2, 0.25) is 0 Å². The van der Waals surface area contributed by atoms with Gasteiger partial charge in [0.05, 0.1) is 6.04 Å².